The predicted molar refractivity (Wildman–Crippen MR) is 66.0 cm³/mol. The van der Waals surface area contributed by atoms with Crippen molar-refractivity contribution in [2.24, 2.45) is 5.92 Å². The zero-order chi connectivity index (χ0) is 12.8. The van der Waals surface area contributed by atoms with E-state index in [2.05, 4.69) is 26.1 Å². The summed E-state index contributed by atoms with van der Waals surface area (Å²) in [6.07, 6.45) is 3.67. The third-order valence-electron chi connectivity index (χ3n) is 3.31. The van der Waals surface area contributed by atoms with Crippen molar-refractivity contribution in [1.29, 1.82) is 0 Å². The van der Waals surface area contributed by atoms with Crippen LogP contribution in [0.3, 0.4) is 0 Å². The first-order chi connectivity index (χ1) is 8.10. The molecule has 0 spiro atoms. The van der Waals surface area contributed by atoms with Crippen LogP contribution in [0.25, 0.3) is 0 Å². The number of hydrogen-bond donors (Lipinski definition) is 2. The second-order valence-electron chi connectivity index (χ2n) is 4.33. The van der Waals surface area contributed by atoms with Crippen LogP contribution in [0, 0.1) is 5.92 Å². The Labute approximate surface area is 102 Å². The maximum atomic E-state index is 10.9. The summed E-state index contributed by atoms with van der Waals surface area (Å²) in [5, 5.41) is 12.3. The number of furan rings is 1. The van der Waals surface area contributed by atoms with Crippen LogP contribution in [-0.4, -0.2) is 17.1 Å². The standard InChI is InChI=1S/C13H21NO3/c1-4-10(5-2)9(3)14-8-11-6-7-17-12(11)13(15)16/h6-7,9-10,14H,4-5,8H2,1-3H3,(H,15,16). The summed E-state index contributed by atoms with van der Waals surface area (Å²) in [5.41, 5.74) is 0.704. The number of carboxylic acid groups (broad SMARTS) is 1. The zero-order valence-electron chi connectivity index (χ0n) is 10.7. The second kappa shape index (κ2) is 6.45. The van der Waals surface area contributed by atoms with E-state index in [9.17, 15) is 4.79 Å². The van der Waals surface area contributed by atoms with Crippen molar-refractivity contribution in [1.82, 2.24) is 5.32 Å². The van der Waals surface area contributed by atoms with Gasteiger partial charge in [-0.1, -0.05) is 26.7 Å². The predicted octanol–water partition coefficient (Wildman–Crippen LogP) is 2.89. The molecule has 0 saturated heterocycles. The minimum atomic E-state index is -1.01. The molecule has 96 valence electrons. The monoisotopic (exact) mass is 239 g/mol. The van der Waals surface area contributed by atoms with Gasteiger partial charge in [0.15, 0.2) is 0 Å². The first-order valence-corrected chi connectivity index (χ1v) is 6.13. The molecule has 0 saturated carbocycles. The van der Waals surface area contributed by atoms with Crippen molar-refractivity contribution in [3.63, 3.8) is 0 Å². The van der Waals surface area contributed by atoms with Crippen LogP contribution in [0.1, 0.15) is 49.7 Å². The fraction of sp³-hybridized carbons (Fsp3) is 0.615. The van der Waals surface area contributed by atoms with E-state index < -0.39 is 5.97 Å². The fourth-order valence-electron chi connectivity index (χ4n) is 2.10. The van der Waals surface area contributed by atoms with Crippen molar-refractivity contribution in [3.8, 4) is 0 Å². The zero-order valence-corrected chi connectivity index (χ0v) is 10.7. The van der Waals surface area contributed by atoms with E-state index in [1.54, 1.807) is 6.07 Å². The first kappa shape index (κ1) is 13.8. The summed E-state index contributed by atoms with van der Waals surface area (Å²) in [6, 6.07) is 2.08. The molecule has 0 aromatic carbocycles. The molecule has 4 nitrogen and oxygen atoms in total. The van der Waals surface area contributed by atoms with Crippen molar-refractivity contribution in [3.05, 3.63) is 23.7 Å². The molecule has 17 heavy (non-hydrogen) atoms. The smallest absolute Gasteiger partial charge is 0.372 e. The number of carbonyl (C=O) groups is 1. The number of hydrogen-bond acceptors (Lipinski definition) is 3. The van der Waals surface area contributed by atoms with Gasteiger partial charge >= 0.3 is 5.97 Å². The van der Waals surface area contributed by atoms with Crippen LogP contribution in [0.5, 0.6) is 0 Å². The molecule has 1 aromatic rings. The topological polar surface area (TPSA) is 62.5 Å². The van der Waals surface area contributed by atoms with Gasteiger partial charge in [-0.15, -0.1) is 0 Å². The van der Waals surface area contributed by atoms with Crippen molar-refractivity contribution < 1.29 is 14.3 Å². The van der Waals surface area contributed by atoms with Gasteiger partial charge in [-0.05, 0) is 18.9 Å². The van der Waals surface area contributed by atoms with Gasteiger partial charge in [0.2, 0.25) is 5.76 Å². The summed E-state index contributed by atoms with van der Waals surface area (Å²) < 4.78 is 4.93. The van der Waals surface area contributed by atoms with E-state index in [0.717, 1.165) is 12.8 Å². The Morgan fingerprint density at radius 1 is 1.47 bits per heavy atom. The van der Waals surface area contributed by atoms with E-state index in [1.165, 1.54) is 6.26 Å². The highest BCUT2D eigenvalue weighted by molar-refractivity contribution is 5.86. The molecule has 0 amide bonds. The molecule has 0 aliphatic heterocycles. The number of rotatable bonds is 7. The molecule has 1 aromatic heterocycles. The van der Waals surface area contributed by atoms with Gasteiger partial charge in [-0.2, -0.15) is 0 Å². The molecular weight excluding hydrogens is 218 g/mol. The van der Waals surface area contributed by atoms with Crippen LogP contribution in [0.2, 0.25) is 0 Å². The summed E-state index contributed by atoms with van der Waals surface area (Å²) in [7, 11) is 0. The molecule has 1 heterocycles. The van der Waals surface area contributed by atoms with E-state index in [1.807, 2.05) is 0 Å². The summed E-state index contributed by atoms with van der Waals surface area (Å²) in [6.45, 7) is 7.02. The maximum Gasteiger partial charge on any atom is 0.372 e. The summed E-state index contributed by atoms with van der Waals surface area (Å²) in [4.78, 5) is 10.9. The number of nitrogens with one attached hydrogen (secondary N) is 1. The fourth-order valence-corrected chi connectivity index (χ4v) is 2.10. The lowest BCUT2D eigenvalue weighted by Gasteiger charge is -2.22. The Morgan fingerprint density at radius 3 is 2.65 bits per heavy atom. The molecule has 0 aliphatic carbocycles. The van der Waals surface area contributed by atoms with Gasteiger partial charge in [0.25, 0.3) is 0 Å². The minimum absolute atomic E-state index is 0.0363. The Kier molecular flexibility index (Phi) is 5.22. The van der Waals surface area contributed by atoms with E-state index in [0.29, 0.717) is 24.1 Å². The molecule has 0 aliphatic rings. The highest BCUT2D eigenvalue weighted by Gasteiger charge is 2.16. The van der Waals surface area contributed by atoms with Crippen LogP contribution in [0.15, 0.2) is 16.7 Å². The molecule has 2 N–H and O–H groups in total. The Morgan fingerprint density at radius 2 is 2.12 bits per heavy atom. The van der Waals surface area contributed by atoms with Crippen LogP contribution < -0.4 is 5.32 Å². The normalized spacial score (nSPS) is 12.9. The van der Waals surface area contributed by atoms with Crippen molar-refractivity contribution >= 4 is 5.97 Å². The Hall–Kier alpha value is -1.29. The lowest BCUT2D eigenvalue weighted by molar-refractivity contribution is 0.0660. The van der Waals surface area contributed by atoms with Gasteiger partial charge in [-0.25, -0.2) is 4.79 Å². The molecule has 0 radical (unpaired) electrons. The maximum absolute atomic E-state index is 10.9. The van der Waals surface area contributed by atoms with Gasteiger partial charge in [0.1, 0.15) is 0 Å². The molecule has 4 heteroatoms. The van der Waals surface area contributed by atoms with Gasteiger partial charge in [-0.3, -0.25) is 0 Å². The largest absolute Gasteiger partial charge is 0.475 e. The third-order valence-corrected chi connectivity index (χ3v) is 3.31. The van der Waals surface area contributed by atoms with Gasteiger partial charge in [0.05, 0.1) is 6.26 Å². The average molecular weight is 239 g/mol. The van der Waals surface area contributed by atoms with Gasteiger partial charge < -0.3 is 14.8 Å². The SMILES string of the molecule is CCC(CC)C(C)NCc1ccoc1C(=O)O. The van der Waals surface area contributed by atoms with E-state index in [4.69, 9.17) is 9.52 Å². The van der Waals surface area contributed by atoms with E-state index >= 15 is 0 Å². The second-order valence-corrected chi connectivity index (χ2v) is 4.33. The van der Waals surface area contributed by atoms with E-state index in [-0.39, 0.29) is 5.76 Å². The Balaban J connectivity index is 2.55. The van der Waals surface area contributed by atoms with Crippen LogP contribution in [0.4, 0.5) is 0 Å². The van der Waals surface area contributed by atoms with Crippen LogP contribution >= 0.6 is 0 Å². The highest BCUT2D eigenvalue weighted by Crippen LogP contribution is 2.15. The molecule has 1 rings (SSSR count). The minimum Gasteiger partial charge on any atom is -0.475 e. The quantitative estimate of drug-likeness (QED) is 0.768. The lowest BCUT2D eigenvalue weighted by atomic mass is 9.95. The number of aromatic carboxylic acids is 1. The molecular formula is C13H21NO3. The van der Waals surface area contributed by atoms with Gasteiger partial charge in [0, 0.05) is 18.2 Å². The van der Waals surface area contributed by atoms with Crippen LogP contribution in [-0.2, 0) is 6.54 Å². The summed E-state index contributed by atoms with van der Waals surface area (Å²) in [5.74, 6) is -0.355. The third kappa shape index (κ3) is 3.60. The molecule has 0 fully saturated rings. The Bertz CT molecular complexity index is 355. The lowest BCUT2D eigenvalue weighted by Crippen LogP contribution is -2.32. The highest BCUT2D eigenvalue weighted by atomic mass is 16.4. The molecule has 1 unspecified atom stereocenters. The average Bonchev–Trinajstić information content (AvgIpc) is 2.76. The first-order valence-electron chi connectivity index (χ1n) is 6.13. The molecule has 1 atom stereocenters. The summed E-state index contributed by atoms with van der Waals surface area (Å²) >= 11 is 0. The number of carboxylic acids is 1. The molecule has 0 bridgehead atoms. The van der Waals surface area contributed by atoms with Crippen molar-refractivity contribution in [2.75, 3.05) is 0 Å². The van der Waals surface area contributed by atoms with Crippen molar-refractivity contribution in [2.45, 2.75) is 46.2 Å².